The third-order valence-electron chi connectivity index (χ3n) is 1.45. The lowest BCUT2D eigenvalue weighted by molar-refractivity contribution is 0.460. The minimum Gasteiger partial charge on any atom is -0.295 e. The van der Waals surface area contributed by atoms with Crippen molar-refractivity contribution in [3.8, 4) is 0 Å². The Kier molecular flexibility index (Phi) is 5.71. The van der Waals surface area contributed by atoms with Gasteiger partial charge in [0.15, 0.2) is 0 Å². The van der Waals surface area contributed by atoms with Crippen molar-refractivity contribution >= 4 is 20.0 Å². The molecule has 0 aromatic rings. The van der Waals surface area contributed by atoms with Gasteiger partial charge in [0.2, 0.25) is 20.0 Å². The summed E-state index contributed by atoms with van der Waals surface area (Å²) in [5.41, 5.74) is 0. The van der Waals surface area contributed by atoms with Gasteiger partial charge in [-0.15, -0.1) is 4.13 Å². The van der Waals surface area contributed by atoms with E-state index >= 15 is 0 Å². The molecule has 0 bridgehead atoms. The highest BCUT2D eigenvalue weighted by atomic mass is 32.3. The largest absolute Gasteiger partial charge is 0.295 e. The van der Waals surface area contributed by atoms with E-state index in [0.29, 0.717) is 12.8 Å². The van der Waals surface area contributed by atoms with Crippen molar-refractivity contribution in [1.82, 2.24) is 9.03 Å². The summed E-state index contributed by atoms with van der Waals surface area (Å²) >= 11 is 0. The average molecular weight is 258 g/mol. The molecule has 1 N–H and O–H groups in total. The van der Waals surface area contributed by atoms with Crippen LogP contribution in [0.5, 0.6) is 0 Å². The molecule has 0 saturated carbocycles. The fourth-order valence-electron chi connectivity index (χ4n) is 0.936. The van der Waals surface area contributed by atoms with Crippen LogP contribution in [-0.4, -0.2) is 47.5 Å². The Morgan fingerprint density at radius 1 is 1.07 bits per heavy atom. The first kappa shape index (κ1) is 14.8. The molecule has 6 nitrogen and oxygen atoms in total. The summed E-state index contributed by atoms with van der Waals surface area (Å²) in [4.78, 5) is 1.39. The highest BCUT2D eigenvalue weighted by Gasteiger charge is 2.20. The molecule has 0 amide bonds. The van der Waals surface area contributed by atoms with Crippen molar-refractivity contribution in [1.29, 1.82) is 0 Å². The molecule has 0 aromatic heterocycles. The smallest absolute Gasteiger partial charge is 0.237 e. The van der Waals surface area contributed by atoms with Crippen LogP contribution in [0.15, 0.2) is 0 Å². The van der Waals surface area contributed by atoms with E-state index in [0.717, 1.165) is 0 Å². The fourth-order valence-corrected chi connectivity index (χ4v) is 4.38. The highest BCUT2D eigenvalue weighted by molar-refractivity contribution is 8.04. The monoisotopic (exact) mass is 258 g/mol. The van der Waals surface area contributed by atoms with Gasteiger partial charge < -0.3 is 0 Å². The van der Waals surface area contributed by atoms with Crippen LogP contribution in [0.2, 0.25) is 0 Å². The molecule has 0 aromatic carbocycles. The van der Waals surface area contributed by atoms with Gasteiger partial charge in [-0.1, -0.05) is 13.3 Å². The zero-order chi connectivity index (χ0) is 12.1. The van der Waals surface area contributed by atoms with Crippen molar-refractivity contribution < 1.29 is 16.8 Å². The predicted molar refractivity (Wildman–Crippen MR) is 59.3 cm³/mol. The van der Waals surface area contributed by atoms with E-state index in [1.54, 1.807) is 18.2 Å². The number of unbranched alkanes of at least 4 members (excludes halogenated alkanes) is 1. The number of rotatable bonds is 7. The van der Waals surface area contributed by atoms with Gasteiger partial charge in [-0.3, -0.25) is 4.90 Å². The van der Waals surface area contributed by atoms with E-state index in [1.165, 1.54) is 4.90 Å². The average Bonchev–Trinajstić information content (AvgIpc) is 1.95. The minimum absolute atomic E-state index is 0.157. The maximum Gasteiger partial charge on any atom is 0.237 e. The summed E-state index contributed by atoms with van der Waals surface area (Å²) in [5, 5.41) is 0. The van der Waals surface area contributed by atoms with E-state index in [9.17, 15) is 16.8 Å². The normalized spacial score (nSPS) is 13.3. The minimum atomic E-state index is -3.78. The third kappa shape index (κ3) is 7.71. The highest BCUT2D eigenvalue weighted by Crippen LogP contribution is 1.97. The van der Waals surface area contributed by atoms with Crippen molar-refractivity contribution in [2.24, 2.45) is 0 Å². The summed E-state index contributed by atoms with van der Waals surface area (Å²) in [6.07, 6.45) is 1.15. The van der Waals surface area contributed by atoms with Crippen molar-refractivity contribution in [3.05, 3.63) is 0 Å². The van der Waals surface area contributed by atoms with Crippen LogP contribution in [-0.2, 0) is 20.0 Å². The number of hydrogen-bond acceptors (Lipinski definition) is 5. The van der Waals surface area contributed by atoms with Gasteiger partial charge in [0, 0.05) is 0 Å². The molecule has 0 spiro atoms. The SMILES string of the molecule is CCCCS(=O)(=O)NS(=O)(=O)CN(C)C. The Morgan fingerprint density at radius 2 is 1.60 bits per heavy atom. The lowest BCUT2D eigenvalue weighted by atomic mass is 10.4. The first-order valence-corrected chi connectivity index (χ1v) is 7.87. The topological polar surface area (TPSA) is 83.5 Å². The zero-order valence-electron chi connectivity index (χ0n) is 9.23. The van der Waals surface area contributed by atoms with Crippen LogP contribution in [0.3, 0.4) is 0 Å². The Hall–Kier alpha value is -0.180. The molecule has 0 aliphatic heterocycles. The second kappa shape index (κ2) is 5.78. The molecule has 0 aliphatic carbocycles. The van der Waals surface area contributed by atoms with Crippen molar-refractivity contribution in [3.63, 3.8) is 0 Å². The van der Waals surface area contributed by atoms with Crippen molar-refractivity contribution in [2.45, 2.75) is 19.8 Å². The molecular weight excluding hydrogens is 240 g/mol. The first-order valence-electron chi connectivity index (χ1n) is 4.57. The predicted octanol–water partition coefficient (Wildman–Crippen LogP) is -0.445. The Balaban J connectivity index is 4.45. The Bertz CT molecular complexity index is 372. The van der Waals surface area contributed by atoms with E-state index in [4.69, 9.17) is 0 Å². The van der Waals surface area contributed by atoms with Crippen molar-refractivity contribution in [2.75, 3.05) is 25.7 Å². The number of nitrogens with one attached hydrogen (secondary N) is 1. The second-order valence-electron chi connectivity index (χ2n) is 3.58. The standard InChI is InChI=1S/C7H18N2O4S2/c1-4-5-6-14(10,11)8-15(12,13)7-9(2)3/h8H,4-7H2,1-3H3. The zero-order valence-corrected chi connectivity index (χ0v) is 10.9. The van der Waals surface area contributed by atoms with Gasteiger partial charge in [0.25, 0.3) is 0 Å². The summed E-state index contributed by atoms with van der Waals surface area (Å²) in [6.45, 7) is 1.84. The molecule has 92 valence electrons. The molecule has 0 rings (SSSR count). The van der Waals surface area contributed by atoms with Crippen LogP contribution in [0.4, 0.5) is 0 Å². The lowest BCUT2D eigenvalue weighted by Crippen LogP contribution is -2.38. The molecule has 15 heavy (non-hydrogen) atoms. The van der Waals surface area contributed by atoms with Gasteiger partial charge >= 0.3 is 0 Å². The molecule has 0 atom stereocenters. The van der Waals surface area contributed by atoms with Gasteiger partial charge in [-0.2, -0.15) is 0 Å². The van der Waals surface area contributed by atoms with Gasteiger partial charge in [-0.25, -0.2) is 16.8 Å². The van der Waals surface area contributed by atoms with E-state index < -0.39 is 20.0 Å². The molecular formula is C7H18N2O4S2. The van der Waals surface area contributed by atoms with Gasteiger partial charge in [0.05, 0.1) is 5.75 Å². The Labute approximate surface area is 91.8 Å². The number of sulfonamides is 2. The summed E-state index contributed by atoms with van der Waals surface area (Å²) in [6, 6.07) is 0. The quantitative estimate of drug-likeness (QED) is 0.669. The van der Waals surface area contributed by atoms with E-state index in [2.05, 4.69) is 0 Å². The van der Waals surface area contributed by atoms with Gasteiger partial charge in [0.1, 0.15) is 5.88 Å². The van der Waals surface area contributed by atoms with Crippen LogP contribution in [0, 0.1) is 0 Å². The molecule has 0 heterocycles. The molecule has 0 fully saturated rings. The maximum absolute atomic E-state index is 11.3. The lowest BCUT2D eigenvalue weighted by Gasteiger charge is -2.11. The fraction of sp³-hybridized carbons (Fsp3) is 1.00. The number of nitrogens with zero attached hydrogens (tertiary/aromatic N) is 1. The molecule has 0 aliphatic rings. The first-order chi connectivity index (χ1) is 6.68. The maximum atomic E-state index is 11.3. The number of hydrogen-bond donors (Lipinski definition) is 1. The Morgan fingerprint density at radius 3 is 2.00 bits per heavy atom. The molecule has 0 unspecified atom stereocenters. The summed E-state index contributed by atoms with van der Waals surface area (Å²) in [5.74, 6) is -0.492. The summed E-state index contributed by atoms with van der Waals surface area (Å²) < 4.78 is 46.8. The van der Waals surface area contributed by atoms with Gasteiger partial charge in [-0.05, 0) is 20.5 Å². The molecule has 0 radical (unpaired) electrons. The van der Waals surface area contributed by atoms with Crippen LogP contribution >= 0.6 is 0 Å². The molecule has 8 heteroatoms. The van der Waals surface area contributed by atoms with Crippen LogP contribution in [0.25, 0.3) is 0 Å². The molecule has 0 saturated heterocycles. The van der Waals surface area contributed by atoms with E-state index in [-0.39, 0.29) is 11.6 Å². The van der Waals surface area contributed by atoms with E-state index in [1.807, 2.05) is 6.92 Å². The third-order valence-corrected chi connectivity index (χ3v) is 5.16. The van der Waals surface area contributed by atoms with Crippen LogP contribution in [0.1, 0.15) is 19.8 Å². The van der Waals surface area contributed by atoms with Crippen LogP contribution < -0.4 is 4.13 Å². The second-order valence-corrected chi connectivity index (χ2v) is 7.37. The summed E-state index contributed by atoms with van der Waals surface area (Å²) in [7, 11) is -4.39.